The van der Waals surface area contributed by atoms with Gasteiger partial charge in [0.2, 0.25) is 0 Å². The zero-order chi connectivity index (χ0) is 18.6. The van der Waals surface area contributed by atoms with Gasteiger partial charge in [0.05, 0.1) is 0 Å². The van der Waals surface area contributed by atoms with E-state index in [0.29, 0.717) is 18.5 Å². The molecule has 0 spiro atoms. The third-order valence-corrected chi connectivity index (χ3v) is 5.86. The lowest BCUT2D eigenvalue weighted by molar-refractivity contribution is 0.295. The molecule has 0 unspecified atom stereocenters. The lowest BCUT2D eigenvalue weighted by atomic mass is 9.96. The molecule has 0 radical (unpaired) electrons. The van der Waals surface area contributed by atoms with Crippen molar-refractivity contribution < 1.29 is 0 Å². The van der Waals surface area contributed by atoms with E-state index < -0.39 is 0 Å². The SMILES string of the molecule is Cc1nnc(CN=C(NC2CCCC2)N2CCC(c3ncn[nH]3)CC2)n1C. The number of aromatic amines is 1. The second kappa shape index (κ2) is 8.06. The maximum atomic E-state index is 4.92. The summed E-state index contributed by atoms with van der Waals surface area (Å²) in [6.07, 6.45) is 8.79. The van der Waals surface area contributed by atoms with Crippen LogP contribution in [-0.4, -0.2) is 59.9 Å². The van der Waals surface area contributed by atoms with Gasteiger partial charge in [-0.1, -0.05) is 12.8 Å². The van der Waals surface area contributed by atoms with Gasteiger partial charge < -0.3 is 14.8 Å². The van der Waals surface area contributed by atoms with E-state index >= 15 is 0 Å². The fourth-order valence-electron chi connectivity index (χ4n) is 4.00. The van der Waals surface area contributed by atoms with Crippen LogP contribution in [0.5, 0.6) is 0 Å². The van der Waals surface area contributed by atoms with E-state index in [1.54, 1.807) is 6.33 Å². The molecule has 0 amide bonds. The van der Waals surface area contributed by atoms with E-state index in [0.717, 1.165) is 49.4 Å². The fraction of sp³-hybridized carbons (Fsp3) is 0.722. The van der Waals surface area contributed by atoms with E-state index in [4.69, 9.17) is 4.99 Å². The molecule has 2 aromatic rings. The number of nitrogens with one attached hydrogen (secondary N) is 2. The van der Waals surface area contributed by atoms with Crippen molar-refractivity contribution >= 4 is 5.96 Å². The van der Waals surface area contributed by atoms with Crippen molar-refractivity contribution in [1.29, 1.82) is 0 Å². The monoisotopic (exact) mass is 371 g/mol. The molecule has 0 aromatic carbocycles. The second-order valence-electron chi connectivity index (χ2n) is 7.62. The molecule has 1 saturated carbocycles. The van der Waals surface area contributed by atoms with Gasteiger partial charge in [-0.15, -0.1) is 10.2 Å². The summed E-state index contributed by atoms with van der Waals surface area (Å²) < 4.78 is 2.01. The molecule has 2 fully saturated rings. The van der Waals surface area contributed by atoms with E-state index in [1.807, 2.05) is 18.5 Å². The number of hydrogen-bond acceptors (Lipinski definition) is 5. The van der Waals surface area contributed by atoms with Crippen LogP contribution >= 0.6 is 0 Å². The van der Waals surface area contributed by atoms with Crippen molar-refractivity contribution in [2.45, 2.75) is 64.0 Å². The van der Waals surface area contributed by atoms with Crippen LogP contribution in [0.2, 0.25) is 0 Å². The summed E-state index contributed by atoms with van der Waals surface area (Å²) in [6.45, 7) is 4.46. The van der Waals surface area contributed by atoms with Gasteiger partial charge in [-0.25, -0.2) is 9.98 Å². The molecule has 0 atom stereocenters. The van der Waals surface area contributed by atoms with Crippen molar-refractivity contribution in [1.82, 2.24) is 40.2 Å². The van der Waals surface area contributed by atoms with Gasteiger partial charge in [0.1, 0.15) is 24.5 Å². The maximum absolute atomic E-state index is 4.92. The molecule has 2 aliphatic rings. The molecule has 0 bridgehead atoms. The van der Waals surface area contributed by atoms with Crippen molar-refractivity contribution in [3.05, 3.63) is 23.8 Å². The van der Waals surface area contributed by atoms with Crippen LogP contribution in [0, 0.1) is 6.92 Å². The first-order valence-corrected chi connectivity index (χ1v) is 9.97. The van der Waals surface area contributed by atoms with E-state index in [1.165, 1.54) is 25.7 Å². The Morgan fingerprint density at radius 1 is 1.22 bits per heavy atom. The molecule has 9 heteroatoms. The summed E-state index contributed by atoms with van der Waals surface area (Å²) in [4.78, 5) is 11.6. The molecule has 146 valence electrons. The number of hydrogen-bond donors (Lipinski definition) is 2. The topological polar surface area (TPSA) is 99.9 Å². The van der Waals surface area contributed by atoms with E-state index in [2.05, 4.69) is 35.6 Å². The molecule has 27 heavy (non-hydrogen) atoms. The summed E-state index contributed by atoms with van der Waals surface area (Å²) >= 11 is 0. The molecule has 2 N–H and O–H groups in total. The lowest BCUT2D eigenvalue weighted by Crippen LogP contribution is -2.48. The quantitative estimate of drug-likeness (QED) is 0.624. The number of likely N-dealkylation sites (tertiary alicyclic amines) is 1. The largest absolute Gasteiger partial charge is 0.353 e. The predicted molar refractivity (Wildman–Crippen MR) is 102 cm³/mol. The Morgan fingerprint density at radius 2 is 2.00 bits per heavy atom. The highest BCUT2D eigenvalue weighted by Crippen LogP contribution is 2.25. The third-order valence-electron chi connectivity index (χ3n) is 5.86. The molecule has 4 rings (SSSR count). The van der Waals surface area contributed by atoms with Gasteiger partial charge in [-0.3, -0.25) is 5.10 Å². The molecule has 1 aliphatic heterocycles. The minimum atomic E-state index is 0.456. The number of nitrogens with zero attached hydrogens (tertiary/aromatic N) is 7. The van der Waals surface area contributed by atoms with Crippen LogP contribution in [-0.2, 0) is 13.6 Å². The first-order valence-electron chi connectivity index (χ1n) is 9.97. The molecular weight excluding hydrogens is 342 g/mol. The van der Waals surface area contributed by atoms with E-state index in [9.17, 15) is 0 Å². The molecule has 1 saturated heterocycles. The minimum Gasteiger partial charge on any atom is -0.353 e. The lowest BCUT2D eigenvalue weighted by Gasteiger charge is -2.34. The first-order chi connectivity index (χ1) is 13.2. The summed E-state index contributed by atoms with van der Waals surface area (Å²) in [5, 5.41) is 19.1. The summed E-state index contributed by atoms with van der Waals surface area (Å²) in [6, 6.07) is 0.539. The number of rotatable bonds is 4. The Kier molecular flexibility index (Phi) is 5.35. The Balaban J connectivity index is 1.44. The highest BCUT2D eigenvalue weighted by molar-refractivity contribution is 5.80. The summed E-state index contributed by atoms with van der Waals surface area (Å²) in [5.74, 6) is 4.29. The number of aliphatic imine (C=N–C) groups is 1. The Hall–Kier alpha value is -2.45. The van der Waals surface area contributed by atoms with E-state index in [-0.39, 0.29) is 0 Å². The van der Waals surface area contributed by atoms with Crippen LogP contribution in [0.3, 0.4) is 0 Å². The third kappa shape index (κ3) is 4.12. The predicted octanol–water partition coefficient (Wildman–Crippen LogP) is 1.51. The summed E-state index contributed by atoms with van der Waals surface area (Å²) in [5.41, 5.74) is 0. The Bertz CT molecular complexity index is 750. The van der Waals surface area contributed by atoms with Crippen LogP contribution in [0.15, 0.2) is 11.3 Å². The second-order valence-corrected chi connectivity index (χ2v) is 7.62. The number of guanidine groups is 1. The molecule has 3 heterocycles. The highest BCUT2D eigenvalue weighted by atomic mass is 15.3. The van der Waals surface area contributed by atoms with Gasteiger partial charge in [-0.05, 0) is 32.6 Å². The standard InChI is InChI=1S/C18H29N9/c1-13-23-24-16(26(13)2)11-19-18(22-15-5-3-4-6-15)27-9-7-14(8-10-27)17-20-12-21-25-17/h12,14-15H,3-11H2,1-2H3,(H,19,22)(H,20,21,25). The average Bonchev–Trinajstić information content (AvgIpc) is 3.44. The first kappa shape index (κ1) is 17.9. The van der Waals surface area contributed by atoms with Gasteiger partial charge in [0.25, 0.3) is 0 Å². The molecule has 1 aliphatic carbocycles. The van der Waals surface area contributed by atoms with Crippen LogP contribution in [0.1, 0.15) is 61.9 Å². The zero-order valence-electron chi connectivity index (χ0n) is 16.2. The maximum Gasteiger partial charge on any atom is 0.194 e. The Labute approximate surface area is 159 Å². The number of piperidine rings is 1. The Morgan fingerprint density at radius 3 is 2.63 bits per heavy atom. The van der Waals surface area contributed by atoms with Crippen molar-refractivity contribution in [3.63, 3.8) is 0 Å². The van der Waals surface area contributed by atoms with Gasteiger partial charge in [0, 0.05) is 32.1 Å². The normalized spacial score (nSPS) is 19.8. The zero-order valence-corrected chi connectivity index (χ0v) is 16.2. The molecular formula is C18H29N9. The minimum absolute atomic E-state index is 0.456. The van der Waals surface area contributed by atoms with Gasteiger partial charge in [-0.2, -0.15) is 5.10 Å². The van der Waals surface area contributed by atoms with Crippen LogP contribution < -0.4 is 5.32 Å². The number of aromatic nitrogens is 6. The van der Waals surface area contributed by atoms with Crippen molar-refractivity contribution in [2.24, 2.45) is 12.0 Å². The summed E-state index contributed by atoms with van der Waals surface area (Å²) in [7, 11) is 1.99. The average molecular weight is 371 g/mol. The number of aryl methyl sites for hydroxylation is 1. The molecule has 9 nitrogen and oxygen atoms in total. The van der Waals surface area contributed by atoms with Gasteiger partial charge in [0.15, 0.2) is 11.8 Å². The van der Waals surface area contributed by atoms with Gasteiger partial charge >= 0.3 is 0 Å². The number of H-pyrrole nitrogens is 1. The van der Waals surface area contributed by atoms with Crippen molar-refractivity contribution in [3.8, 4) is 0 Å². The van der Waals surface area contributed by atoms with Crippen LogP contribution in [0.25, 0.3) is 0 Å². The van der Waals surface area contributed by atoms with Crippen molar-refractivity contribution in [2.75, 3.05) is 13.1 Å². The molecule has 2 aromatic heterocycles. The fourth-order valence-corrected chi connectivity index (χ4v) is 4.00. The van der Waals surface area contributed by atoms with Crippen LogP contribution in [0.4, 0.5) is 0 Å². The highest BCUT2D eigenvalue weighted by Gasteiger charge is 2.26. The smallest absolute Gasteiger partial charge is 0.194 e.